The molecule has 1 aromatic heterocycles. The van der Waals surface area contributed by atoms with Crippen molar-refractivity contribution in [2.24, 2.45) is 0 Å². The summed E-state index contributed by atoms with van der Waals surface area (Å²) in [4.78, 5) is 27.7. The lowest BCUT2D eigenvalue weighted by molar-refractivity contribution is -0.245. The van der Waals surface area contributed by atoms with E-state index in [9.17, 15) is 14.7 Å². The molecule has 0 saturated carbocycles. The first-order valence-corrected chi connectivity index (χ1v) is 16.9. The smallest absolute Gasteiger partial charge is 0.243 e. The van der Waals surface area contributed by atoms with Gasteiger partial charge in [-0.3, -0.25) is 19.9 Å². The number of hydrogen-bond acceptors (Lipinski definition) is 9. The molecule has 12 heteroatoms. The second-order valence-corrected chi connectivity index (χ2v) is 12.5. The van der Waals surface area contributed by atoms with Gasteiger partial charge in [0.05, 0.1) is 18.8 Å². The number of thioether (sulfide) groups is 1. The monoisotopic (exact) mass is 659 g/mol. The molecule has 3 atom stereocenters. The number of carbonyl (C=O) groups is 2. The maximum absolute atomic E-state index is 12.4. The molecule has 2 heterocycles. The van der Waals surface area contributed by atoms with Crippen molar-refractivity contribution in [2.75, 3.05) is 5.75 Å². The topological polar surface area (TPSA) is 159 Å². The van der Waals surface area contributed by atoms with Crippen LogP contribution in [0.5, 0.6) is 0 Å². The number of H-pyrrole nitrogens is 1. The lowest BCUT2D eigenvalue weighted by Crippen LogP contribution is -2.31. The molecule has 248 valence electrons. The van der Waals surface area contributed by atoms with E-state index in [1.54, 1.807) is 17.2 Å². The van der Waals surface area contributed by atoms with Gasteiger partial charge in [0.25, 0.3) is 0 Å². The number of aromatic amines is 1. The van der Waals surface area contributed by atoms with Gasteiger partial charge in [-0.1, -0.05) is 85.3 Å². The van der Waals surface area contributed by atoms with E-state index in [0.29, 0.717) is 31.6 Å². The fraction of sp³-hybridized carbons (Fsp3) is 0.371. The van der Waals surface area contributed by atoms with Gasteiger partial charge in [0, 0.05) is 37.1 Å². The largest absolute Gasteiger partial charge is 0.392 e. The van der Waals surface area contributed by atoms with Crippen molar-refractivity contribution in [3.05, 3.63) is 101 Å². The number of carbonyl (C=O) groups excluding carboxylic acids is 2. The predicted octanol–water partition coefficient (Wildman–Crippen LogP) is 5.76. The lowest BCUT2D eigenvalue weighted by Gasteiger charge is -2.36. The number of hydrogen-bond donors (Lipinski definition) is 5. The van der Waals surface area contributed by atoms with Gasteiger partial charge in [-0.05, 0) is 52.8 Å². The summed E-state index contributed by atoms with van der Waals surface area (Å²) in [7, 11) is 0. The molecule has 5 rings (SSSR count). The molecular formula is C35H41N5O6S. The number of rotatable bonds is 16. The molecule has 0 spiro atoms. The highest BCUT2D eigenvalue weighted by Crippen LogP contribution is 2.40. The number of aliphatic hydroxyl groups excluding tert-OH is 1. The summed E-state index contributed by atoms with van der Waals surface area (Å²) in [6.45, 7) is 0.421. The van der Waals surface area contributed by atoms with Crippen molar-refractivity contribution in [1.29, 1.82) is 0 Å². The van der Waals surface area contributed by atoms with Gasteiger partial charge in [-0.15, -0.1) is 0 Å². The summed E-state index contributed by atoms with van der Waals surface area (Å²) in [5.41, 5.74) is 7.46. The highest BCUT2D eigenvalue weighted by atomic mass is 32.2. The third-order valence-electron chi connectivity index (χ3n) is 8.00. The first-order valence-electron chi connectivity index (χ1n) is 15.9. The standard InChI is InChI=1S/C35H41N5O6S/c41-21-24-13-15-26(16-14-24)31-19-30(22-47-35-37-23-38-39-35)45-34(46-31)29-10-6-9-28(18-29)27-8-5-7-25(17-27)20-36-32(42)11-3-1-2-4-12-33(43)40-44/h5-10,13-18,23,30-31,34,41,44H,1-4,11-12,19-22H2,(H,36,42)(H,40,43)(H,37,38,39). The molecular weight excluding hydrogens is 618 g/mol. The van der Waals surface area contributed by atoms with E-state index in [2.05, 4.69) is 38.7 Å². The van der Waals surface area contributed by atoms with Crippen LogP contribution in [0.3, 0.4) is 0 Å². The van der Waals surface area contributed by atoms with Crippen LogP contribution in [0.15, 0.2) is 84.3 Å². The molecule has 5 N–H and O–H groups in total. The third-order valence-corrected chi connectivity index (χ3v) is 9.01. The number of aliphatic hydroxyl groups is 1. The fourth-order valence-corrected chi connectivity index (χ4v) is 6.25. The Hall–Kier alpha value is -4.07. The maximum atomic E-state index is 12.4. The zero-order valence-electron chi connectivity index (χ0n) is 26.1. The average molecular weight is 660 g/mol. The Morgan fingerprint density at radius 3 is 2.34 bits per heavy atom. The van der Waals surface area contributed by atoms with Crippen LogP contribution in [0.1, 0.15) is 79.6 Å². The van der Waals surface area contributed by atoms with Crippen LogP contribution in [0.4, 0.5) is 0 Å². The minimum absolute atomic E-state index is 0.00585. The van der Waals surface area contributed by atoms with Crippen LogP contribution in [0, 0.1) is 0 Å². The van der Waals surface area contributed by atoms with E-state index in [4.69, 9.17) is 14.7 Å². The molecule has 0 aliphatic carbocycles. The Labute approximate surface area is 278 Å². The van der Waals surface area contributed by atoms with E-state index < -0.39 is 6.29 Å². The lowest BCUT2D eigenvalue weighted by atomic mass is 9.99. The van der Waals surface area contributed by atoms with Crippen molar-refractivity contribution in [2.45, 2.75) is 81.8 Å². The quantitative estimate of drug-likeness (QED) is 0.0436. The summed E-state index contributed by atoms with van der Waals surface area (Å²) < 4.78 is 13.0. The Balaban J connectivity index is 1.21. The number of hydroxylamine groups is 1. The summed E-state index contributed by atoms with van der Waals surface area (Å²) in [6, 6.07) is 24.1. The molecule has 2 amide bonds. The van der Waals surface area contributed by atoms with Crippen LogP contribution in [-0.4, -0.2) is 49.2 Å². The van der Waals surface area contributed by atoms with Gasteiger partial charge in [-0.2, -0.15) is 5.10 Å². The Kier molecular flexibility index (Phi) is 12.9. The van der Waals surface area contributed by atoms with E-state index in [1.165, 1.54) is 6.33 Å². The Morgan fingerprint density at radius 2 is 1.62 bits per heavy atom. The molecule has 1 aliphatic heterocycles. The van der Waals surface area contributed by atoms with Gasteiger partial charge < -0.3 is 19.9 Å². The van der Waals surface area contributed by atoms with Gasteiger partial charge in [0.1, 0.15) is 6.33 Å². The maximum Gasteiger partial charge on any atom is 0.243 e. The zero-order chi connectivity index (χ0) is 32.8. The molecule has 0 bridgehead atoms. The summed E-state index contributed by atoms with van der Waals surface area (Å²) in [6.07, 6.45) is 5.12. The molecule has 1 aliphatic rings. The van der Waals surface area contributed by atoms with E-state index in [0.717, 1.165) is 57.8 Å². The third kappa shape index (κ3) is 10.5. The second kappa shape index (κ2) is 17.7. The van der Waals surface area contributed by atoms with Crippen LogP contribution in [0.2, 0.25) is 0 Å². The normalized spacial score (nSPS) is 17.7. The Morgan fingerprint density at radius 1 is 0.872 bits per heavy atom. The zero-order valence-corrected chi connectivity index (χ0v) is 27.0. The van der Waals surface area contributed by atoms with Crippen LogP contribution in [-0.2, 0) is 32.2 Å². The van der Waals surface area contributed by atoms with Crippen molar-refractivity contribution in [3.8, 4) is 11.1 Å². The van der Waals surface area contributed by atoms with E-state index in [1.807, 2.05) is 54.6 Å². The minimum atomic E-state index is -0.583. The number of amides is 2. The van der Waals surface area contributed by atoms with Crippen molar-refractivity contribution >= 4 is 23.6 Å². The highest BCUT2D eigenvalue weighted by Gasteiger charge is 2.32. The van der Waals surface area contributed by atoms with Gasteiger partial charge in [-0.25, -0.2) is 10.5 Å². The first kappa shape index (κ1) is 34.3. The number of benzene rings is 3. The SMILES string of the molecule is O=C(CCCCCCC(=O)NCc1cccc(-c2cccc(C3OC(CSc4ncn[nH]4)CC(c4ccc(CO)cc4)O3)c2)c1)NO. The summed E-state index contributed by atoms with van der Waals surface area (Å²) in [5.74, 6) is 0.288. The van der Waals surface area contributed by atoms with Gasteiger partial charge >= 0.3 is 0 Å². The van der Waals surface area contributed by atoms with Crippen LogP contribution in [0.25, 0.3) is 11.1 Å². The molecule has 0 radical (unpaired) electrons. The molecule has 11 nitrogen and oxygen atoms in total. The molecule has 1 saturated heterocycles. The second-order valence-electron chi connectivity index (χ2n) is 11.5. The Bertz CT molecular complexity index is 1570. The van der Waals surface area contributed by atoms with Crippen molar-refractivity contribution in [3.63, 3.8) is 0 Å². The first-order chi connectivity index (χ1) is 23.0. The highest BCUT2D eigenvalue weighted by molar-refractivity contribution is 7.99. The number of nitrogens with zero attached hydrogens (tertiary/aromatic N) is 2. The van der Waals surface area contributed by atoms with Crippen LogP contribution >= 0.6 is 11.8 Å². The van der Waals surface area contributed by atoms with Gasteiger partial charge in [0.15, 0.2) is 11.4 Å². The minimum Gasteiger partial charge on any atom is -0.392 e. The average Bonchev–Trinajstić information content (AvgIpc) is 3.65. The van der Waals surface area contributed by atoms with Gasteiger partial charge in [0.2, 0.25) is 11.8 Å². The molecule has 3 unspecified atom stereocenters. The van der Waals surface area contributed by atoms with E-state index >= 15 is 0 Å². The van der Waals surface area contributed by atoms with Crippen molar-refractivity contribution in [1.82, 2.24) is 26.0 Å². The number of aromatic nitrogens is 3. The summed E-state index contributed by atoms with van der Waals surface area (Å²) in [5, 5.41) is 28.6. The molecule has 1 fully saturated rings. The summed E-state index contributed by atoms with van der Waals surface area (Å²) >= 11 is 1.56. The predicted molar refractivity (Wildman–Crippen MR) is 177 cm³/mol. The molecule has 47 heavy (non-hydrogen) atoms. The van der Waals surface area contributed by atoms with E-state index in [-0.39, 0.29) is 37.0 Å². The molecule has 4 aromatic rings. The van der Waals surface area contributed by atoms with Crippen molar-refractivity contribution < 1.29 is 29.4 Å². The number of ether oxygens (including phenoxy) is 2. The number of unbranched alkanes of at least 4 members (excludes halogenated alkanes) is 3. The fourth-order valence-electron chi connectivity index (χ4n) is 5.45. The number of nitrogens with one attached hydrogen (secondary N) is 3. The molecule has 3 aromatic carbocycles. The van der Waals surface area contributed by atoms with Crippen LogP contribution < -0.4 is 10.8 Å².